The van der Waals surface area contributed by atoms with Gasteiger partial charge in [-0.25, -0.2) is 4.98 Å². The first kappa shape index (κ1) is 16.8. The van der Waals surface area contributed by atoms with Crippen LogP contribution in [0.3, 0.4) is 0 Å². The van der Waals surface area contributed by atoms with Gasteiger partial charge in [-0.1, -0.05) is 35.5 Å². The van der Waals surface area contributed by atoms with Gasteiger partial charge in [-0.05, 0) is 25.8 Å². The third-order valence-electron chi connectivity index (χ3n) is 3.95. The Morgan fingerprint density at radius 2 is 1.88 bits per heavy atom. The van der Waals surface area contributed by atoms with Gasteiger partial charge < -0.3 is 9.84 Å². The zero-order valence-corrected chi connectivity index (χ0v) is 14.0. The molecule has 2 heterocycles. The zero-order valence-electron chi connectivity index (χ0n) is 14.0. The summed E-state index contributed by atoms with van der Waals surface area (Å²) in [6.07, 6.45) is 3.70. The van der Waals surface area contributed by atoms with Crippen molar-refractivity contribution >= 4 is 28.5 Å². The number of hydrogen-bond acceptors (Lipinski definition) is 5. The van der Waals surface area contributed by atoms with Gasteiger partial charge in [0.2, 0.25) is 5.91 Å². The molecule has 3 rings (SSSR count). The van der Waals surface area contributed by atoms with E-state index in [0.29, 0.717) is 37.1 Å². The molecule has 0 fully saturated rings. The number of unbranched alkanes of at least 4 members (excludes halogenated alkanes) is 1. The number of carbonyl (C=O) groups excluding carboxylic acids is 2. The number of aryl methyl sites for hydroxylation is 1. The summed E-state index contributed by atoms with van der Waals surface area (Å²) >= 11 is 0. The summed E-state index contributed by atoms with van der Waals surface area (Å²) in [7, 11) is 0. The average molecular weight is 337 g/mol. The maximum Gasteiger partial charge on any atom is 0.258 e. The number of nitrogens with zero attached hydrogens (tertiary/aromatic N) is 2. The second-order valence-corrected chi connectivity index (χ2v) is 5.89. The highest BCUT2D eigenvalue weighted by molar-refractivity contribution is 5.96. The van der Waals surface area contributed by atoms with Gasteiger partial charge in [0.15, 0.2) is 5.78 Å². The van der Waals surface area contributed by atoms with Gasteiger partial charge in [-0.2, -0.15) is 0 Å². The Labute approximate surface area is 145 Å². The Morgan fingerprint density at radius 3 is 2.68 bits per heavy atom. The number of fused-ring (bicyclic) bond motifs is 1. The highest BCUT2D eigenvalue weighted by Gasteiger charge is 2.09. The van der Waals surface area contributed by atoms with Crippen molar-refractivity contribution in [2.75, 3.05) is 5.32 Å². The maximum atomic E-state index is 12.0. The molecule has 0 bridgehead atoms. The highest BCUT2D eigenvalue weighted by atomic mass is 16.5. The van der Waals surface area contributed by atoms with Gasteiger partial charge in [-0.3, -0.25) is 9.59 Å². The van der Waals surface area contributed by atoms with Crippen LogP contribution in [0.5, 0.6) is 0 Å². The third kappa shape index (κ3) is 4.29. The van der Waals surface area contributed by atoms with Crippen molar-refractivity contribution in [3.05, 3.63) is 53.9 Å². The third-order valence-corrected chi connectivity index (χ3v) is 3.95. The molecule has 0 aliphatic rings. The maximum absolute atomic E-state index is 12.0. The molecule has 0 aliphatic heterocycles. The second-order valence-electron chi connectivity index (χ2n) is 5.89. The fourth-order valence-electron chi connectivity index (χ4n) is 2.58. The van der Waals surface area contributed by atoms with E-state index >= 15 is 0 Å². The van der Waals surface area contributed by atoms with Crippen LogP contribution in [-0.4, -0.2) is 21.8 Å². The molecule has 0 saturated carbocycles. The van der Waals surface area contributed by atoms with Crippen molar-refractivity contribution in [3.63, 3.8) is 0 Å². The number of nitrogens with one attached hydrogen (secondary N) is 1. The van der Waals surface area contributed by atoms with Crippen LogP contribution in [0.1, 0.15) is 41.7 Å². The highest BCUT2D eigenvalue weighted by Crippen LogP contribution is 2.19. The van der Waals surface area contributed by atoms with Crippen LogP contribution < -0.4 is 5.32 Å². The van der Waals surface area contributed by atoms with Gasteiger partial charge >= 0.3 is 0 Å². The van der Waals surface area contributed by atoms with E-state index in [0.717, 1.165) is 16.6 Å². The Kier molecular flexibility index (Phi) is 5.18. The smallest absolute Gasteiger partial charge is 0.258 e. The Bertz CT molecular complexity index is 887. The molecular weight excluding hydrogens is 318 g/mol. The number of carbonyl (C=O) groups is 2. The molecule has 0 aliphatic carbocycles. The van der Waals surface area contributed by atoms with Crippen LogP contribution in [0.2, 0.25) is 0 Å². The molecule has 2 aromatic heterocycles. The lowest BCUT2D eigenvalue weighted by molar-refractivity contribution is -0.116. The van der Waals surface area contributed by atoms with E-state index in [1.54, 1.807) is 12.3 Å². The van der Waals surface area contributed by atoms with Crippen molar-refractivity contribution in [2.24, 2.45) is 0 Å². The van der Waals surface area contributed by atoms with Crippen molar-refractivity contribution in [1.82, 2.24) is 10.1 Å². The van der Waals surface area contributed by atoms with Crippen molar-refractivity contribution in [1.29, 1.82) is 0 Å². The molecule has 1 amide bonds. The minimum atomic E-state index is -0.0950. The molecule has 6 nitrogen and oxygen atoms in total. The number of aromatic nitrogens is 2. The molecule has 1 aromatic carbocycles. The number of amides is 1. The normalized spacial score (nSPS) is 10.8. The van der Waals surface area contributed by atoms with Crippen molar-refractivity contribution in [3.8, 4) is 0 Å². The molecule has 25 heavy (non-hydrogen) atoms. The monoisotopic (exact) mass is 337 g/mol. The minimum Gasteiger partial charge on any atom is -0.336 e. The van der Waals surface area contributed by atoms with E-state index < -0.39 is 0 Å². The molecule has 6 heteroatoms. The van der Waals surface area contributed by atoms with E-state index in [9.17, 15) is 9.59 Å². The first-order valence-corrected chi connectivity index (χ1v) is 8.23. The molecule has 0 atom stereocenters. The van der Waals surface area contributed by atoms with E-state index in [1.165, 1.54) is 0 Å². The predicted molar refractivity (Wildman–Crippen MR) is 94.4 cm³/mol. The second kappa shape index (κ2) is 7.70. The molecule has 0 unspecified atom stereocenters. The van der Waals surface area contributed by atoms with Crippen LogP contribution in [0.4, 0.5) is 5.69 Å². The number of pyridine rings is 1. The molecule has 3 aromatic rings. The van der Waals surface area contributed by atoms with E-state index in [-0.39, 0.29) is 11.7 Å². The Hall–Kier alpha value is -3.02. The quantitative estimate of drug-likeness (QED) is 0.522. The SMILES string of the molecule is Cc1noc2ncc(NC(=O)CCCCC(=O)c3ccccc3)cc12. The summed E-state index contributed by atoms with van der Waals surface area (Å²) in [4.78, 5) is 28.1. The van der Waals surface area contributed by atoms with E-state index in [2.05, 4.69) is 15.5 Å². The van der Waals surface area contributed by atoms with Gasteiger partial charge in [-0.15, -0.1) is 0 Å². The molecule has 0 saturated heterocycles. The molecule has 0 spiro atoms. The molecule has 1 N–H and O–H groups in total. The summed E-state index contributed by atoms with van der Waals surface area (Å²) in [5.74, 6) is 0.0148. The standard InChI is InChI=1S/C19H19N3O3/c1-13-16-11-15(12-20-19(16)25-22-13)21-18(24)10-6-5-9-17(23)14-7-3-2-4-8-14/h2-4,7-8,11-12H,5-6,9-10H2,1H3,(H,21,24). The van der Waals surface area contributed by atoms with Crippen LogP contribution >= 0.6 is 0 Å². The van der Waals surface area contributed by atoms with E-state index in [1.807, 2.05) is 37.3 Å². The largest absolute Gasteiger partial charge is 0.336 e. The summed E-state index contributed by atoms with van der Waals surface area (Å²) < 4.78 is 5.04. The Balaban J connectivity index is 1.44. The first-order chi connectivity index (χ1) is 12.1. The van der Waals surface area contributed by atoms with Gasteiger partial charge in [0, 0.05) is 18.4 Å². The molecule has 0 radical (unpaired) electrons. The van der Waals surface area contributed by atoms with Gasteiger partial charge in [0.05, 0.1) is 23.0 Å². The molecular formula is C19H19N3O3. The first-order valence-electron chi connectivity index (χ1n) is 8.23. The number of anilines is 1. The van der Waals surface area contributed by atoms with Crippen molar-refractivity contribution < 1.29 is 14.1 Å². The lowest BCUT2D eigenvalue weighted by Gasteiger charge is -2.05. The predicted octanol–water partition coefficient (Wildman–Crippen LogP) is 3.91. The van der Waals surface area contributed by atoms with Gasteiger partial charge in [0.1, 0.15) is 0 Å². The fourth-order valence-corrected chi connectivity index (χ4v) is 2.58. The van der Waals surface area contributed by atoms with Crippen molar-refractivity contribution in [2.45, 2.75) is 32.6 Å². The number of benzene rings is 1. The van der Waals surface area contributed by atoms with Crippen LogP contribution in [0, 0.1) is 6.92 Å². The number of hydrogen-bond donors (Lipinski definition) is 1. The average Bonchev–Trinajstić information content (AvgIpc) is 3.00. The molecule has 128 valence electrons. The summed E-state index contributed by atoms with van der Waals surface area (Å²) in [5, 5.41) is 7.43. The zero-order chi connectivity index (χ0) is 17.6. The van der Waals surface area contributed by atoms with Crippen LogP contribution in [-0.2, 0) is 4.79 Å². The summed E-state index contributed by atoms with van der Waals surface area (Å²) in [6.45, 7) is 1.82. The number of Topliss-reactive ketones (excluding diaryl/α,β-unsaturated/α-hetero) is 1. The van der Waals surface area contributed by atoms with Gasteiger partial charge in [0.25, 0.3) is 5.71 Å². The summed E-state index contributed by atoms with van der Waals surface area (Å²) in [5.41, 5.74) is 2.52. The van der Waals surface area contributed by atoms with Crippen LogP contribution in [0.25, 0.3) is 11.1 Å². The topological polar surface area (TPSA) is 85.1 Å². The van der Waals surface area contributed by atoms with Crippen LogP contribution in [0.15, 0.2) is 47.1 Å². The lowest BCUT2D eigenvalue weighted by Crippen LogP contribution is -2.11. The Morgan fingerprint density at radius 1 is 1.12 bits per heavy atom. The van der Waals surface area contributed by atoms with E-state index in [4.69, 9.17) is 4.52 Å². The number of rotatable bonds is 7. The summed E-state index contributed by atoms with van der Waals surface area (Å²) in [6, 6.07) is 11.0. The fraction of sp³-hybridized carbons (Fsp3) is 0.263. The number of ketones is 1. The lowest BCUT2D eigenvalue weighted by atomic mass is 10.0. The minimum absolute atomic E-state index is 0.0950.